The summed E-state index contributed by atoms with van der Waals surface area (Å²) in [4.78, 5) is 15.2. The summed E-state index contributed by atoms with van der Waals surface area (Å²) in [6.07, 6.45) is 3.57. The van der Waals surface area contributed by atoms with Crippen molar-refractivity contribution in [2.75, 3.05) is 26.2 Å². The molecule has 152 valence electrons. The van der Waals surface area contributed by atoms with Crippen molar-refractivity contribution in [3.63, 3.8) is 0 Å². The summed E-state index contributed by atoms with van der Waals surface area (Å²) in [6.45, 7) is 6.01. The zero-order chi connectivity index (χ0) is 20.2. The quantitative estimate of drug-likeness (QED) is 0.582. The van der Waals surface area contributed by atoms with Crippen LogP contribution in [0, 0.1) is 0 Å². The number of likely N-dealkylation sites (tertiary alicyclic amines) is 1. The Hall–Kier alpha value is -2.37. The lowest BCUT2D eigenvalue weighted by Crippen LogP contribution is -2.33. The van der Waals surface area contributed by atoms with E-state index in [1.54, 1.807) is 0 Å². The highest BCUT2D eigenvalue weighted by atomic mass is 35.5. The second-order valence-corrected chi connectivity index (χ2v) is 8.13. The van der Waals surface area contributed by atoms with Crippen LogP contribution in [0.1, 0.15) is 32.2 Å². The molecule has 6 heteroatoms. The summed E-state index contributed by atoms with van der Waals surface area (Å²) in [7, 11) is 0. The van der Waals surface area contributed by atoms with E-state index in [-0.39, 0.29) is 5.91 Å². The maximum Gasteiger partial charge on any atom is 0.244 e. The van der Waals surface area contributed by atoms with Crippen LogP contribution in [0.25, 0.3) is 22.2 Å². The van der Waals surface area contributed by atoms with Crippen molar-refractivity contribution in [2.24, 2.45) is 0 Å². The van der Waals surface area contributed by atoms with Crippen LogP contribution in [0.15, 0.2) is 48.5 Å². The molecule has 3 aromatic rings. The highest BCUT2D eigenvalue weighted by Gasteiger charge is 2.21. The van der Waals surface area contributed by atoms with Gasteiger partial charge >= 0.3 is 0 Å². The predicted molar refractivity (Wildman–Crippen MR) is 118 cm³/mol. The number of carbonyl (C=O) groups excluding carboxylic acids is 1. The normalized spacial score (nSPS) is 15.7. The zero-order valence-corrected chi connectivity index (χ0v) is 17.5. The molecule has 1 aromatic heterocycles. The first-order valence-electron chi connectivity index (χ1n) is 10.4. The molecule has 1 saturated heterocycles. The first-order chi connectivity index (χ1) is 14.1. The second-order valence-electron chi connectivity index (χ2n) is 7.69. The van der Waals surface area contributed by atoms with Gasteiger partial charge < -0.3 is 10.2 Å². The molecular formula is C23H27ClN4O. The van der Waals surface area contributed by atoms with Crippen molar-refractivity contribution in [2.45, 2.75) is 32.2 Å². The third kappa shape index (κ3) is 4.46. The van der Waals surface area contributed by atoms with Crippen LogP contribution in [0.4, 0.5) is 0 Å². The molecular weight excluding hydrogens is 384 g/mol. The van der Waals surface area contributed by atoms with Crippen molar-refractivity contribution in [3.05, 3.63) is 53.6 Å². The van der Waals surface area contributed by atoms with E-state index in [0.717, 1.165) is 35.1 Å². The van der Waals surface area contributed by atoms with E-state index in [4.69, 9.17) is 16.7 Å². The lowest BCUT2D eigenvalue weighted by atomic mass is 10.1. The van der Waals surface area contributed by atoms with Gasteiger partial charge in [-0.3, -0.25) is 9.48 Å². The topological polar surface area (TPSA) is 50.2 Å². The minimum Gasteiger partial charge on any atom is -0.354 e. The fraction of sp³-hybridized carbons (Fsp3) is 0.391. The highest BCUT2D eigenvalue weighted by molar-refractivity contribution is 6.31. The van der Waals surface area contributed by atoms with Crippen LogP contribution in [0.5, 0.6) is 0 Å². The molecule has 1 amide bonds. The third-order valence-electron chi connectivity index (χ3n) is 5.61. The summed E-state index contributed by atoms with van der Waals surface area (Å²) in [5.41, 5.74) is 2.77. The third-order valence-corrected chi connectivity index (χ3v) is 5.85. The van der Waals surface area contributed by atoms with Crippen molar-refractivity contribution in [3.8, 4) is 11.3 Å². The molecule has 5 nitrogen and oxygen atoms in total. The van der Waals surface area contributed by atoms with Gasteiger partial charge in [-0.2, -0.15) is 5.10 Å². The van der Waals surface area contributed by atoms with E-state index in [1.165, 1.54) is 25.9 Å². The van der Waals surface area contributed by atoms with Gasteiger partial charge in [0.1, 0.15) is 11.7 Å². The van der Waals surface area contributed by atoms with Gasteiger partial charge in [0.25, 0.3) is 0 Å². The smallest absolute Gasteiger partial charge is 0.244 e. The van der Waals surface area contributed by atoms with Gasteiger partial charge in [0.15, 0.2) is 0 Å². The first-order valence-corrected chi connectivity index (χ1v) is 10.7. The number of halogens is 1. The van der Waals surface area contributed by atoms with Crippen LogP contribution >= 0.6 is 11.6 Å². The van der Waals surface area contributed by atoms with Crippen molar-refractivity contribution in [1.29, 1.82) is 0 Å². The summed E-state index contributed by atoms with van der Waals surface area (Å²) < 4.78 is 1.81. The Bertz CT molecular complexity index is 979. The number of hydrogen-bond donors (Lipinski definition) is 1. The van der Waals surface area contributed by atoms with E-state index >= 15 is 0 Å². The van der Waals surface area contributed by atoms with Gasteiger partial charge in [0.2, 0.25) is 5.91 Å². The summed E-state index contributed by atoms with van der Waals surface area (Å²) in [6, 6.07) is 15.3. The highest BCUT2D eigenvalue weighted by Crippen LogP contribution is 2.31. The molecule has 0 bridgehead atoms. The Labute approximate surface area is 176 Å². The molecule has 1 aliphatic heterocycles. The number of amides is 1. The summed E-state index contributed by atoms with van der Waals surface area (Å²) >= 11 is 6.25. The number of aromatic nitrogens is 2. The van der Waals surface area contributed by atoms with E-state index in [1.807, 2.05) is 60.1 Å². The largest absolute Gasteiger partial charge is 0.354 e. The molecule has 2 heterocycles. The maximum absolute atomic E-state index is 12.8. The number of fused-ring (bicyclic) bond motifs is 1. The van der Waals surface area contributed by atoms with Gasteiger partial charge in [-0.25, -0.2) is 0 Å². The average Bonchev–Trinajstić information content (AvgIpc) is 3.39. The van der Waals surface area contributed by atoms with Gasteiger partial charge in [0, 0.05) is 22.5 Å². The number of hydrogen-bond acceptors (Lipinski definition) is 3. The molecule has 0 spiro atoms. The van der Waals surface area contributed by atoms with Crippen LogP contribution in [-0.4, -0.2) is 46.8 Å². The maximum atomic E-state index is 12.8. The molecule has 1 fully saturated rings. The number of carbonyl (C=O) groups is 1. The standard InChI is InChI=1S/C23H27ClN4O/c1-17(23(29)25-12-7-15-27-13-5-6-14-27)28-21-11-10-19(24)16-20(21)22(26-28)18-8-3-2-4-9-18/h2-4,8-11,16-17H,5-7,12-15H2,1H3,(H,25,29). The summed E-state index contributed by atoms with van der Waals surface area (Å²) in [5.74, 6) is -0.00890. The first kappa shape index (κ1) is 19.9. The lowest BCUT2D eigenvalue weighted by molar-refractivity contribution is -0.124. The van der Waals surface area contributed by atoms with Gasteiger partial charge in [-0.05, 0) is 64.0 Å². The summed E-state index contributed by atoms with van der Waals surface area (Å²) in [5, 5.41) is 9.50. The molecule has 2 aromatic carbocycles. The number of nitrogens with one attached hydrogen (secondary N) is 1. The monoisotopic (exact) mass is 410 g/mol. The predicted octanol–water partition coefficient (Wildman–Crippen LogP) is 4.52. The molecule has 1 atom stereocenters. The molecule has 0 saturated carbocycles. The van der Waals surface area contributed by atoms with Crippen LogP contribution in [0.3, 0.4) is 0 Å². The molecule has 0 aliphatic carbocycles. The van der Waals surface area contributed by atoms with Gasteiger partial charge in [0.05, 0.1) is 5.52 Å². The van der Waals surface area contributed by atoms with E-state index in [9.17, 15) is 4.79 Å². The Morgan fingerprint density at radius 3 is 2.69 bits per heavy atom. The van der Waals surface area contributed by atoms with Crippen LogP contribution in [-0.2, 0) is 4.79 Å². The SMILES string of the molecule is CC(C(=O)NCCCN1CCCC1)n1nc(-c2ccccc2)c2cc(Cl)ccc21. The molecule has 4 rings (SSSR count). The minimum absolute atomic E-state index is 0.00890. The Morgan fingerprint density at radius 2 is 1.93 bits per heavy atom. The van der Waals surface area contributed by atoms with Crippen LogP contribution in [0.2, 0.25) is 5.02 Å². The molecule has 1 aliphatic rings. The Balaban J connectivity index is 1.51. The fourth-order valence-corrected chi connectivity index (χ4v) is 4.17. The zero-order valence-electron chi connectivity index (χ0n) is 16.8. The van der Waals surface area contributed by atoms with E-state index in [0.29, 0.717) is 11.6 Å². The fourth-order valence-electron chi connectivity index (χ4n) is 4.00. The lowest BCUT2D eigenvalue weighted by Gasteiger charge is -2.16. The van der Waals surface area contributed by atoms with Crippen molar-refractivity contribution in [1.82, 2.24) is 20.0 Å². The van der Waals surface area contributed by atoms with E-state index in [2.05, 4.69) is 10.2 Å². The van der Waals surface area contributed by atoms with Gasteiger partial charge in [-0.1, -0.05) is 41.9 Å². The van der Waals surface area contributed by atoms with Crippen molar-refractivity contribution >= 4 is 28.4 Å². The Morgan fingerprint density at radius 1 is 1.17 bits per heavy atom. The molecule has 1 unspecified atom stereocenters. The van der Waals surface area contributed by atoms with E-state index < -0.39 is 6.04 Å². The molecule has 0 radical (unpaired) electrons. The van der Waals surface area contributed by atoms with Crippen LogP contribution < -0.4 is 5.32 Å². The minimum atomic E-state index is -0.400. The molecule has 1 N–H and O–H groups in total. The molecule has 29 heavy (non-hydrogen) atoms. The number of benzene rings is 2. The van der Waals surface area contributed by atoms with Crippen molar-refractivity contribution < 1.29 is 4.79 Å². The second kappa shape index (κ2) is 8.97. The van der Waals surface area contributed by atoms with Gasteiger partial charge in [-0.15, -0.1) is 0 Å². The number of nitrogens with zero attached hydrogens (tertiary/aromatic N) is 3. The Kier molecular flexibility index (Phi) is 6.16. The average molecular weight is 411 g/mol. The number of rotatable bonds is 7.